The Bertz CT molecular complexity index is 595. The third-order valence-corrected chi connectivity index (χ3v) is 12.0. The van der Waals surface area contributed by atoms with E-state index in [1.54, 1.807) is 0 Å². The standard InChI is InChI=1S/C29H56N4S2/c1-7-28(3,4)22-14-16-24(22)34-20-18-32-26(30)12-10-9-11-13-27(31)33-19-21-35-25-17-15-23(25)29(5,6)8-2/h22-25H,7-21H2,1-6H3,(H2,30,32)(H2,31,33). The van der Waals surface area contributed by atoms with Crippen LogP contribution in [-0.2, 0) is 0 Å². The summed E-state index contributed by atoms with van der Waals surface area (Å²) in [6.07, 6.45) is 13.0. The Hall–Kier alpha value is -0.360. The van der Waals surface area contributed by atoms with E-state index in [0.29, 0.717) is 22.5 Å². The van der Waals surface area contributed by atoms with Crippen LogP contribution in [0.5, 0.6) is 0 Å². The highest BCUT2D eigenvalue weighted by atomic mass is 32.2. The Morgan fingerprint density at radius 1 is 0.686 bits per heavy atom. The number of hydrogen-bond donors (Lipinski definition) is 4. The summed E-state index contributed by atoms with van der Waals surface area (Å²) in [7, 11) is 0. The van der Waals surface area contributed by atoms with Gasteiger partial charge in [0, 0.05) is 47.9 Å². The molecule has 0 amide bonds. The van der Waals surface area contributed by atoms with Crippen molar-refractivity contribution in [3.8, 4) is 0 Å². The van der Waals surface area contributed by atoms with Crippen LogP contribution in [0.3, 0.4) is 0 Å². The fourth-order valence-corrected chi connectivity index (χ4v) is 8.56. The van der Waals surface area contributed by atoms with Gasteiger partial charge in [-0.25, -0.2) is 0 Å². The molecule has 2 aliphatic carbocycles. The predicted octanol–water partition coefficient (Wildman–Crippen LogP) is 7.97. The van der Waals surface area contributed by atoms with Gasteiger partial charge in [-0.15, -0.1) is 0 Å². The number of unbranched alkanes of at least 4 members (excludes halogenated alkanes) is 2. The molecule has 35 heavy (non-hydrogen) atoms. The maximum atomic E-state index is 8.18. The van der Waals surface area contributed by atoms with Gasteiger partial charge in [-0.2, -0.15) is 23.5 Å². The van der Waals surface area contributed by atoms with E-state index in [1.165, 1.54) is 38.5 Å². The number of thioether (sulfide) groups is 2. The Labute approximate surface area is 226 Å². The smallest absolute Gasteiger partial charge is 0.0931 e. The van der Waals surface area contributed by atoms with E-state index in [0.717, 1.165) is 79.0 Å². The average Bonchev–Trinajstić information content (AvgIpc) is 2.76. The molecule has 0 aromatic carbocycles. The first-order valence-corrected chi connectivity index (χ1v) is 16.6. The third kappa shape index (κ3) is 10.1. The molecule has 0 radical (unpaired) electrons. The minimum atomic E-state index is 0.478. The molecular weight excluding hydrogens is 468 g/mol. The van der Waals surface area contributed by atoms with Crippen LogP contribution in [0.4, 0.5) is 0 Å². The fraction of sp³-hybridized carbons (Fsp3) is 0.931. The first-order chi connectivity index (χ1) is 16.6. The summed E-state index contributed by atoms with van der Waals surface area (Å²) in [6, 6.07) is 0. The number of rotatable bonds is 18. The van der Waals surface area contributed by atoms with Crippen LogP contribution in [0.1, 0.15) is 112 Å². The molecule has 0 heterocycles. The van der Waals surface area contributed by atoms with Crippen molar-refractivity contribution in [3.05, 3.63) is 0 Å². The van der Waals surface area contributed by atoms with Crippen molar-refractivity contribution in [3.63, 3.8) is 0 Å². The van der Waals surface area contributed by atoms with Gasteiger partial charge >= 0.3 is 0 Å². The lowest BCUT2D eigenvalue weighted by Crippen LogP contribution is -2.40. The summed E-state index contributed by atoms with van der Waals surface area (Å²) in [5, 5.41) is 24.7. The van der Waals surface area contributed by atoms with Gasteiger partial charge in [-0.3, -0.25) is 10.8 Å². The Morgan fingerprint density at radius 2 is 1.09 bits per heavy atom. The van der Waals surface area contributed by atoms with Gasteiger partial charge in [0.1, 0.15) is 0 Å². The van der Waals surface area contributed by atoms with Crippen molar-refractivity contribution >= 4 is 35.2 Å². The van der Waals surface area contributed by atoms with E-state index in [-0.39, 0.29) is 0 Å². The van der Waals surface area contributed by atoms with Crippen molar-refractivity contribution in [2.45, 2.75) is 123 Å². The maximum Gasteiger partial charge on any atom is 0.0931 e. The lowest BCUT2D eigenvalue weighted by Gasteiger charge is -2.46. The first-order valence-electron chi connectivity index (χ1n) is 14.5. The summed E-state index contributed by atoms with van der Waals surface area (Å²) < 4.78 is 0. The molecule has 4 atom stereocenters. The molecule has 0 spiro atoms. The monoisotopic (exact) mass is 524 g/mol. The quantitative estimate of drug-likeness (QED) is 0.0833. The molecule has 2 aliphatic rings. The van der Waals surface area contributed by atoms with E-state index < -0.39 is 0 Å². The Kier molecular flexibility index (Phi) is 13.4. The van der Waals surface area contributed by atoms with Crippen LogP contribution in [0.25, 0.3) is 0 Å². The van der Waals surface area contributed by atoms with Crippen LogP contribution in [0.2, 0.25) is 0 Å². The first kappa shape index (κ1) is 30.9. The second-order valence-corrected chi connectivity index (χ2v) is 14.9. The maximum absolute atomic E-state index is 8.18. The highest BCUT2D eigenvalue weighted by molar-refractivity contribution is 8.00. The molecule has 204 valence electrons. The molecule has 0 saturated heterocycles. The number of nitrogens with one attached hydrogen (secondary N) is 4. The lowest BCUT2D eigenvalue weighted by molar-refractivity contribution is 0.125. The molecular formula is C29H56N4S2. The minimum Gasteiger partial charge on any atom is -0.373 e. The van der Waals surface area contributed by atoms with Gasteiger partial charge in [-0.05, 0) is 61.2 Å². The van der Waals surface area contributed by atoms with Crippen LogP contribution in [-0.4, -0.2) is 46.8 Å². The molecule has 0 aromatic heterocycles. The normalized spacial score (nSPS) is 24.4. The molecule has 4 nitrogen and oxygen atoms in total. The largest absolute Gasteiger partial charge is 0.373 e. The topological polar surface area (TPSA) is 71.8 Å². The molecule has 0 aromatic rings. The zero-order chi connectivity index (χ0) is 25.9. The van der Waals surface area contributed by atoms with Crippen molar-refractivity contribution in [2.75, 3.05) is 24.6 Å². The predicted molar refractivity (Wildman–Crippen MR) is 161 cm³/mol. The summed E-state index contributed by atoms with van der Waals surface area (Å²) in [4.78, 5) is 0. The van der Waals surface area contributed by atoms with E-state index in [9.17, 15) is 0 Å². The highest BCUT2D eigenvalue weighted by Gasteiger charge is 2.41. The van der Waals surface area contributed by atoms with E-state index in [1.807, 2.05) is 0 Å². The minimum absolute atomic E-state index is 0.478. The van der Waals surface area contributed by atoms with Gasteiger partial charge < -0.3 is 10.6 Å². The molecule has 4 unspecified atom stereocenters. The van der Waals surface area contributed by atoms with Gasteiger partial charge in [0.05, 0.1) is 11.7 Å². The zero-order valence-corrected chi connectivity index (χ0v) is 25.4. The SMILES string of the molecule is CCC(C)(C)C1CCC1SCCNC(=N)CCCCCC(=N)NCCSC1CCC1C(C)(C)CC. The van der Waals surface area contributed by atoms with E-state index in [2.05, 4.69) is 75.7 Å². The summed E-state index contributed by atoms with van der Waals surface area (Å²) in [6.45, 7) is 16.2. The molecule has 2 fully saturated rings. The Balaban J connectivity index is 1.40. The van der Waals surface area contributed by atoms with Gasteiger partial charge in [0.15, 0.2) is 0 Å². The second kappa shape index (κ2) is 15.1. The van der Waals surface area contributed by atoms with Crippen LogP contribution < -0.4 is 10.6 Å². The summed E-state index contributed by atoms with van der Waals surface area (Å²) in [5.41, 5.74) is 0.957. The number of hydrogen-bond acceptors (Lipinski definition) is 4. The lowest BCUT2D eigenvalue weighted by atomic mass is 9.66. The van der Waals surface area contributed by atoms with Crippen LogP contribution in [0, 0.1) is 33.5 Å². The van der Waals surface area contributed by atoms with Crippen molar-refractivity contribution in [2.24, 2.45) is 22.7 Å². The molecule has 4 N–H and O–H groups in total. The van der Waals surface area contributed by atoms with Crippen molar-refractivity contribution in [1.29, 1.82) is 10.8 Å². The van der Waals surface area contributed by atoms with Gasteiger partial charge in [0.25, 0.3) is 0 Å². The average molecular weight is 525 g/mol. The fourth-order valence-electron chi connectivity index (χ4n) is 5.43. The Morgan fingerprint density at radius 3 is 1.40 bits per heavy atom. The zero-order valence-electron chi connectivity index (χ0n) is 23.7. The summed E-state index contributed by atoms with van der Waals surface area (Å²) in [5.74, 6) is 5.35. The molecule has 0 aliphatic heterocycles. The summed E-state index contributed by atoms with van der Waals surface area (Å²) >= 11 is 4.23. The van der Waals surface area contributed by atoms with Crippen molar-refractivity contribution < 1.29 is 0 Å². The molecule has 0 bridgehead atoms. The van der Waals surface area contributed by atoms with Crippen molar-refractivity contribution in [1.82, 2.24) is 10.6 Å². The highest BCUT2D eigenvalue weighted by Crippen LogP contribution is 2.50. The van der Waals surface area contributed by atoms with Crippen LogP contribution >= 0.6 is 23.5 Å². The molecule has 2 rings (SSSR count). The van der Waals surface area contributed by atoms with E-state index >= 15 is 0 Å². The van der Waals surface area contributed by atoms with Gasteiger partial charge in [0.2, 0.25) is 0 Å². The van der Waals surface area contributed by atoms with Crippen LogP contribution in [0.15, 0.2) is 0 Å². The molecule has 2 saturated carbocycles. The number of amidine groups is 2. The van der Waals surface area contributed by atoms with E-state index in [4.69, 9.17) is 10.8 Å². The third-order valence-electron chi connectivity index (χ3n) is 9.15. The molecule has 6 heteroatoms. The second-order valence-electron chi connectivity index (χ2n) is 12.2. The van der Waals surface area contributed by atoms with Gasteiger partial charge in [-0.1, -0.05) is 60.8 Å².